The van der Waals surface area contributed by atoms with Crippen LogP contribution in [0.1, 0.15) is 0 Å². The van der Waals surface area contributed by atoms with Crippen LogP contribution in [0.25, 0.3) is 0 Å². The molecule has 0 fully saturated rings. The summed E-state index contributed by atoms with van der Waals surface area (Å²) in [5.74, 6) is 0.736. The lowest BCUT2D eigenvalue weighted by molar-refractivity contribution is 0.0400. The molecule has 0 aliphatic carbocycles. The van der Waals surface area contributed by atoms with Crippen LogP contribution in [0.3, 0.4) is 0 Å². The molecular weight excluding hydrogens is 196 g/mol. The van der Waals surface area contributed by atoms with Crippen LogP contribution in [0, 0.1) is 0 Å². The van der Waals surface area contributed by atoms with E-state index in [1.807, 2.05) is 0 Å². The number of fused-ring (bicyclic) bond motifs is 1. The first kappa shape index (κ1) is 8.52. The van der Waals surface area contributed by atoms with Gasteiger partial charge in [0.15, 0.2) is 17.0 Å². The zero-order valence-electron chi connectivity index (χ0n) is 6.61. The maximum atomic E-state index is 8.79. The zero-order chi connectivity index (χ0) is 9.26. The smallest absolute Gasteiger partial charge is 0.276 e. The minimum atomic E-state index is -0.372. The van der Waals surface area contributed by atoms with E-state index < -0.39 is 0 Å². The number of hydrogen-bond acceptors (Lipinski definition) is 5. The number of nitrogens with zero attached hydrogens (tertiary/aromatic N) is 2. The molecule has 0 aromatic carbocycles. The van der Waals surface area contributed by atoms with E-state index in [0.29, 0.717) is 12.4 Å². The fourth-order valence-electron chi connectivity index (χ4n) is 0.991. The summed E-state index contributed by atoms with van der Waals surface area (Å²) in [5.41, 5.74) is 0. The summed E-state index contributed by atoms with van der Waals surface area (Å²) in [5, 5.41) is 16.3. The molecule has 2 rings (SSSR count). The Morgan fingerprint density at radius 3 is 3.23 bits per heavy atom. The van der Waals surface area contributed by atoms with Crippen molar-refractivity contribution in [3.8, 4) is 11.6 Å². The Morgan fingerprint density at radius 1 is 1.62 bits per heavy atom. The van der Waals surface area contributed by atoms with Gasteiger partial charge in [-0.2, -0.15) is 0 Å². The summed E-state index contributed by atoms with van der Waals surface area (Å²) < 4.78 is 10.5. The molecule has 1 aliphatic rings. The van der Waals surface area contributed by atoms with Gasteiger partial charge in [-0.05, 0) is 0 Å². The van der Waals surface area contributed by atoms with E-state index in [1.54, 1.807) is 0 Å². The summed E-state index contributed by atoms with van der Waals surface area (Å²) in [6.45, 7) is 0.190. The molecule has 13 heavy (non-hydrogen) atoms. The lowest BCUT2D eigenvalue weighted by atomic mass is 10.3. The highest BCUT2D eigenvalue weighted by atomic mass is 35.5. The Hall–Kier alpha value is -1.07. The Morgan fingerprint density at radius 2 is 2.46 bits per heavy atom. The van der Waals surface area contributed by atoms with Gasteiger partial charge in [0.05, 0.1) is 6.61 Å². The molecule has 1 unspecified atom stereocenters. The second kappa shape index (κ2) is 3.35. The van der Waals surface area contributed by atoms with Crippen LogP contribution in [-0.2, 0) is 0 Å². The Labute approximate surface area is 79.3 Å². The second-order valence-corrected chi connectivity index (χ2v) is 2.96. The lowest BCUT2D eigenvalue weighted by Crippen LogP contribution is -2.32. The minimum Gasteiger partial charge on any atom is -0.484 e. The van der Waals surface area contributed by atoms with Gasteiger partial charge >= 0.3 is 0 Å². The number of aliphatic hydroxyl groups excluding tert-OH is 1. The quantitative estimate of drug-likeness (QED) is 0.708. The molecule has 1 atom stereocenters. The molecule has 70 valence electrons. The number of hydrogen-bond donors (Lipinski definition) is 1. The molecule has 0 saturated heterocycles. The summed E-state index contributed by atoms with van der Waals surface area (Å²) in [7, 11) is 0. The average Bonchev–Trinajstić information content (AvgIpc) is 2.17. The van der Waals surface area contributed by atoms with Crippen LogP contribution in [0.4, 0.5) is 0 Å². The fourth-order valence-corrected chi connectivity index (χ4v) is 1.13. The number of rotatable bonds is 1. The first-order valence-corrected chi connectivity index (χ1v) is 4.11. The van der Waals surface area contributed by atoms with Crippen molar-refractivity contribution < 1.29 is 14.6 Å². The van der Waals surface area contributed by atoms with E-state index >= 15 is 0 Å². The van der Waals surface area contributed by atoms with Crippen molar-refractivity contribution in [1.82, 2.24) is 10.2 Å². The van der Waals surface area contributed by atoms with Crippen molar-refractivity contribution >= 4 is 11.6 Å². The molecule has 1 aromatic heterocycles. The van der Waals surface area contributed by atoms with Crippen molar-refractivity contribution in [2.45, 2.75) is 6.10 Å². The first-order chi connectivity index (χ1) is 6.29. The van der Waals surface area contributed by atoms with Crippen LogP contribution >= 0.6 is 11.6 Å². The van der Waals surface area contributed by atoms with E-state index in [1.165, 1.54) is 6.07 Å². The number of aromatic nitrogens is 2. The second-order valence-electron chi connectivity index (χ2n) is 2.57. The maximum Gasteiger partial charge on any atom is 0.276 e. The molecule has 1 N–H and O–H groups in total. The molecule has 0 spiro atoms. The van der Waals surface area contributed by atoms with Crippen LogP contribution in [0.2, 0.25) is 5.15 Å². The SMILES string of the molecule is OCC1COc2cc(Cl)nnc2O1. The van der Waals surface area contributed by atoms with Crippen LogP contribution in [0.15, 0.2) is 6.07 Å². The molecule has 0 radical (unpaired) electrons. The standard InChI is InChI=1S/C7H7ClN2O3/c8-6-1-5-7(10-9-6)13-4(2-11)3-12-5/h1,4,11H,2-3H2. The van der Waals surface area contributed by atoms with Gasteiger partial charge in [-0.3, -0.25) is 0 Å². The molecule has 0 amide bonds. The van der Waals surface area contributed by atoms with Gasteiger partial charge in [-0.25, -0.2) is 0 Å². The Bertz CT molecular complexity index is 321. The minimum absolute atomic E-state index is 0.107. The van der Waals surface area contributed by atoms with Gasteiger partial charge in [-0.15, -0.1) is 10.2 Å². The van der Waals surface area contributed by atoms with Crippen molar-refractivity contribution in [3.63, 3.8) is 0 Å². The fraction of sp³-hybridized carbons (Fsp3) is 0.429. The highest BCUT2D eigenvalue weighted by Crippen LogP contribution is 2.29. The first-order valence-electron chi connectivity index (χ1n) is 3.73. The van der Waals surface area contributed by atoms with Gasteiger partial charge in [-0.1, -0.05) is 11.6 Å². The van der Waals surface area contributed by atoms with E-state index in [4.69, 9.17) is 26.2 Å². The van der Waals surface area contributed by atoms with Gasteiger partial charge in [0, 0.05) is 6.07 Å². The normalized spacial score (nSPS) is 20.0. The number of aliphatic hydroxyl groups is 1. The van der Waals surface area contributed by atoms with Crippen LogP contribution < -0.4 is 9.47 Å². The molecule has 1 aromatic rings. The molecular formula is C7H7ClN2O3. The van der Waals surface area contributed by atoms with Crippen LogP contribution in [0.5, 0.6) is 11.6 Å². The van der Waals surface area contributed by atoms with Gasteiger partial charge in [0.25, 0.3) is 5.88 Å². The monoisotopic (exact) mass is 202 g/mol. The highest BCUT2D eigenvalue weighted by molar-refractivity contribution is 6.29. The predicted molar refractivity (Wildman–Crippen MR) is 44.0 cm³/mol. The third-order valence-electron chi connectivity index (χ3n) is 1.60. The van der Waals surface area contributed by atoms with Crippen LogP contribution in [-0.4, -0.2) is 34.6 Å². The molecule has 0 bridgehead atoms. The van der Waals surface area contributed by atoms with E-state index in [0.717, 1.165) is 0 Å². The van der Waals surface area contributed by atoms with Gasteiger partial charge in [0.2, 0.25) is 0 Å². The Kier molecular flexibility index (Phi) is 2.20. The summed E-state index contributed by atoms with van der Waals surface area (Å²) in [6, 6.07) is 1.53. The predicted octanol–water partition coefficient (Wildman–Crippen LogP) is 0.262. The van der Waals surface area contributed by atoms with E-state index in [-0.39, 0.29) is 23.7 Å². The third kappa shape index (κ3) is 1.66. The summed E-state index contributed by atoms with van der Waals surface area (Å²) in [6.07, 6.45) is -0.372. The van der Waals surface area contributed by atoms with Crippen molar-refractivity contribution in [2.75, 3.05) is 13.2 Å². The maximum absolute atomic E-state index is 8.79. The zero-order valence-corrected chi connectivity index (χ0v) is 7.36. The number of ether oxygens (including phenoxy) is 2. The van der Waals surface area contributed by atoms with Crippen molar-refractivity contribution in [1.29, 1.82) is 0 Å². The topological polar surface area (TPSA) is 64.5 Å². The molecule has 1 aliphatic heterocycles. The van der Waals surface area contributed by atoms with Crippen molar-refractivity contribution in [2.24, 2.45) is 0 Å². The molecule has 6 heteroatoms. The summed E-state index contributed by atoms with van der Waals surface area (Å²) in [4.78, 5) is 0. The largest absolute Gasteiger partial charge is 0.484 e. The van der Waals surface area contributed by atoms with Gasteiger partial charge < -0.3 is 14.6 Å². The lowest BCUT2D eigenvalue weighted by Gasteiger charge is -2.23. The third-order valence-corrected chi connectivity index (χ3v) is 1.79. The average molecular weight is 203 g/mol. The molecule has 2 heterocycles. The Balaban J connectivity index is 2.26. The van der Waals surface area contributed by atoms with Gasteiger partial charge in [0.1, 0.15) is 6.61 Å². The number of halogens is 1. The van der Waals surface area contributed by atoms with E-state index in [9.17, 15) is 0 Å². The molecule has 5 nitrogen and oxygen atoms in total. The summed E-state index contributed by atoms with van der Waals surface area (Å²) >= 11 is 5.59. The highest BCUT2D eigenvalue weighted by Gasteiger charge is 2.22. The molecule has 0 saturated carbocycles. The van der Waals surface area contributed by atoms with Crippen molar-refractivity contribution in [3.05, 3.63) is 11.2 Å². The van der Waals surface area contributed by atoms with E-state index in [2.05, 4.69) is 10.2 Å².